The Balaban J connectivity index is 2.73. The number of hydrogen-bond donors (Lipinski definition) is 2. The molecular weight excluding hydrogens is 128 g/mol. The van der Waals surface area contributed by atoms with Gasteiger partial charge < -0.3 is 10.4 Å². The summed E-state index contributed by atoms with van der Waals surface area (Å²) in [7, 11) is 0. The van der Waals surface area contributed by atoms with Gasteiger partial charge >= 0.3 is 5.92 Å². The predicted octanol–water partition coefficient (Wildman–Crippen LogP) is 0.667. The Morgan fingerprint density at radius 1 is 1.67 bits per heavy atom. The van der Waals surface area contributed by atoms with Crippen LogP contribution in [0.5, 0.6) is 0 Å². The summed E-state index contributed by atoms with van der Waals surface area (Å²) < 4.78 is 24.4. The van der Waals surface area contributed by atoms with E-state index in [1.165, 1.54) is 0 Å². The largest absolute Gasteiger partial charge is 0.506 e. The van der Waals surface area contributed by atoms with Gasteiger partial charge in [-0.3, -0.25) is 0 Å². The highest BCUT2D eigenvalue weighted by Gasteiger charge is 2.35. The van der Waals surface area contributed by atoms with Crippen molar-refractivity contribution in [2.75, 3.05) is 13.1 Å². The Morgan fingerprint density at radius 2 is 2.33 bits per heavy atom. The molecule has 0 amide bonds. The minimum absolute atomic E-state index is 0.321. The van der Waals surface area contributed by atoms with E-state index in [2.05, 4.69) is 5.32 Å². The molecule has 0 aromatic rings. The van der Waals surface area contributed by atoms with Gasteiger partial charge in [0.05, 0.1) is 6.54 Å². The van der Waals surface area contributed by atoms with Crippen molar-refractivity contribution in [1.29, 1.82) is 0 Å². The van der Waals surface area contributed by atoms with Crippen molar-refractivity contribution < 1.29 is 13.9 Å². The molecule has 0 radical (unpaired) electrons. The average Bonchev–Trinajstić information content (AvgIpc) is 1.77. The average molecular weight is 135 g/mol. The Bertz CT molecular complexity index is 144. The molecule has 0 unspecified atom stereocenters. The van der Waals surface area contributed by atoms with Crippen LogP contribution in [0.4, 0.5) is 8.78 Å². The zero-order valence-corrected chi connectivity index (χ0v) is 4.69. The Kier molecular flexibility index (Phi) is 1.40. The molecule has 0 aromatic carbocycles. The molecule has 9 heavy (non-hydrogen) atoms. The van der Waals surface area contributed by atoms with Crippen LogP contribution < -0.4 is 5.32 Å². The molecule has 1 rings (SSSR count). The van der Waals surface area contributed by atoms with Crippen molar-refractivity contribution in [2.24, 2.45) is 0 Å². The number of hydrogen-bond acceptors (Lipinski definition) is 2. The summed E-state index contributed by atoms with van der Waals surface area (Å²) in [4.78, 5) is 0. The van der Waals surface area contributed by atoms with Gasteiger partial charge in [0.25, 0.3) is 0 Å². The van der Waals surface area contributed by atoms with E-state index in [1.54, 1.807) is 0 Å². The van der Waals surface area contributed by atoms with Gasteiger partial charge in [0.15, 0.2) is 5.76 Å². The molecule has 0 spiro atoms. The third kappa shape index (κ3) is 1.18. The maximum atomic E-state index is 12.2. The van der Waals surface area contributed by atoms with Gasteiger partial charge in [-0.25, -0.2) is 0 Å². The SMILES string of the molecule is OC1=CCNCC1(F)F. The second kappa shape index (κ2) is 1.95. The molecule has 0 atom stereocenters. The van der Waals surface area contributed by atoms with Gasteiger partial charge in [-0.2, -0.15) is 8.78 Å². The third-order valence-electron chi connectivity index (χ3n) is 1.16. The van der Waals surface area contributed by atoms with Crippen molar-refractivity contribution in [1.82, 2.24) is 5.32 Å². The van der Waals surface area contributed by atoms with Crippen molar-refractivity contribution in [3.63, 3.8) is 0 Å². The Labute approximate surface area is 51.2 Å². The van der Waals surface area contributed by atoms with Gasteiger partial charge in [0.1, 0.15) is 0 Å². The first-order valence-electron chi connectivity index (χ1n) is 2.61. The van der Waals surface area contributed by atoms with E-state index in [0.717, 1.165) is 6.08 Å². The van der Waals surface area contributed by atoms with Crippen LogP contribution in [-0.4, -0.2) is 24.1 Å². The van der Waals surface area contributed by atoms with Crippen LogP contribution >= 0.6 is 0 Å². The highest BCUT2D eigenvalue weighted by Crippen LogP contribution is 2.22. The maximum absolute atomic E-state index is 12.2. The molecule has 0 aromatic heterocycles. The van der Waals surface area contributed by atoms with Crippen LogP contribution in [0, 0.1) is 0 Å². The van der Waals surface area contributed by atoms with Crippen molar-refractivity contribution in [3.8, 4) is 0 Å². The fraction of sp³-hybridized carbons (Fsp3) is 0.600. The van der Waals surface area contributed by atoms with Crippen LogP contribution in [0.15, 0.2) is 11.8 Å². The molecule has 0 bridgehead atoms. The molecule has 0 fully saturated rings. The first-order chi connectivity index (χ1) is 4.13. The Hall–Kier alpha value is -0.640. The molecule has 2 nitrogen and oxygen atoms in total. The standard InChI is InChI=1S/C5H7F2NO/c6-5(7)3-8-2-1-4(5)9/h1,8-9H,2-3H2. The van der Waals surface area contributed by atoms with Gasteiger partial charge in [-0.1, -0.05) is 0 Å². The predicted molar refractivity (Wildman–Crippen MR) is 28.5 cm³/mol. The highest BCUT2D eigenvalue weighted by atomic mass is 19.3. The lowest BCUT2D eigenvalue weighted by atomic mass is 10.2. The van der Waals surface area contributed by atoms with E-state index in [0.29, 0.717) is 6.54 Å². The molecule has 0 aliphatic carbocycles. The van der Waals surface area contributed by atoms with Gasteiger partial charge in [0, 0.05) is 6.54 Å². The number of aliphatic hydroxyl groups excluding tert-OH is 1. The molecule has 2 N–H and O–H groups in total. The molecule has 0 saturated heterocycles. The van der Waals surface area contributed by atoms with Crippen molar-refractivity contribution in [2.45, 2.75) is 5.92 Å². The van der Waals surface area contributed by atoms with E-state index in [1.807, 2.05) is 0 Å². The van der Waals surface area contributed by atoms with Crippen LogP contribution in [0.25, 0.3) is 0 Å². The summed E-state index contributed by atoms with van der Waals surface area (Å²) in [5.74, 6) is -3.88. The van der Waals surface area contributed by atoms with E-state index < -0.39 is 18.2 Å². The molecule has 1 aliphatic heterocycles. The molecule has 4 heteroatoms. The second-order valence-electron chi connectivity index (χ2n) is 1.92. The van der Waals surface area contributed by atoms with Gasteiger partial charge in [-0.05, 0) is 6.08 Å². The number of halogens is 2. The van der Waals surface area contributed by atoms with E-state index in [4.69, 9.17) is 5.11 Å². The molecular formula is C5H7F2NO. The number of nitrogens with one attached hydrogen (secondary N) is 1. The zero-order valence-electron chi connectivity index (χ0n) is 4.69. The fourth-order valence-electron chi connectivity index (χ4n) is 0.638. The molecule has 1 heterocycles. The van der Waals surface area contributed by atoms with Gasteiger partial charge in [-0.15, -0.1) is 0 Å². The van der Waals surface area contributed by atoms with E-state index in [9.17, 15) is 8.78 Å². The molecule has 1 aliphatic rings. The third-order valence-corrected chi connectivity index (χ3v) is 1.16. The topological polar surface area (TPSA) is 32.3 Å². The van der Waals surface area contributed by atoms with E-state index >= 15 is 0 Å². The summed E-state index contributed by atoms with van der Waals surface area (Å²) >= 11 is 0. The van der Waals surface area contributed by atoms with Crippen LogP contribution in [0.2, 0.25) is 0 Å². The smallest absolute Gasteiger partial charge is 0.315 e. The summed E-state index contributed by atoms with van der Waals surface area (Å²) in [6, 6.07) is 0. The monoisotopic (exact) mass is 135 g/mol. The quantitative estimate of drug-likeness (QED) is 0.511. The van der Waals surface area contributed by atoms with Crippen molar-refractivity contribution >= 4 is 0 Å². The first-order valence-corrected chi connectivity index (χ1v) is 2.61. The zero-order chi connectivity index (χ0) is 6.91. The van der Waals surface area contributed by atoms with E-state index in [-0.39, 0.29) is 0 Å². The van der Waals surface area contributed by atoms with Crippen LogP contribution in [0.1, 0.15) is 0 Å². The minimum Gasteiger partial charge on any atom is -0.506 e. The fourth-order valence-corrected chi connectivity index (χ4v) is 0.638. The lowest BCUT2D eigenvalue weighted by Crippen LogP contribution is -2.38. The highest BCUT2D eigenvalue weighted by molar-refractivity contribution is 5.08. The maximum Gasteiger partial charge on any atom is 0.315 e. The van der Waals surface area contributed by atoms with Crippen LogP contribution in [0.3, 0.4) is 0 Å². The number of rotatable bonds is 0. The Morgan fingerprint density at radius 3 is 2.67 bits per heavy atom. The number of alkyl halides is 2. The molecule has 52 valence electrons. The first kappa shape index (κ1) is 6.48. The minimum atomic E-state index is -3.06. The summed E-state index contributed by atoms with van der Waals surface area (Å²) in [6.07, 6.45) is 1.07. The summed E-state index contributed by atoms with van der Waals surface area (Å²) in [6.45, 7) is -0.142. The normalized spacial score (nSPS) is 25.3. The lowest BCUT2D eigenvalue weighted by Gasteiger charge is -2.19. The van der Waals surface area contributed by atoms with Gasteiger partial charge in [0.2, 0.25) is 0 Å². The second-order valence-corrected chi connectivity index (χ2v) is 1.92. The van der Waals surface area contributed by atoms with Crippen LogP contribution in [-0.2, 0) is 0 Å². The summed E-state index contributed by atoms with van der Waals surface area (Å²) in [5.41, 5.74) is 0. The molecule has 0 saturated carbocycles. The summed E-state index contributed by atoms with van der Waals surface area (Å²) in [5, 5.41) is 10.9. The number of aliphatic hydroxyl groups is 1. The van der Waals surface area contributed by atoms with Crippen molar-refractivity contribution in [3.05, 3.63) is 11.8 Å². The lowest BCUT2D eigenvalue weighted by molar-refractivity contribution is -0.00442.